The lowest BCUT2D eigenvalue weighted by atomic mass is 10.2. The van der Waals surface area contributed by atoms with Crippen LogP contribution in [0, 0.1) is 6.92 Å². The highest BCUT2D eigenvalue weighted by Gasteiger charge is 2.16. The summed E-state index contributed by atoms with van der Waals surface area (Å²) in [6.45, 7) is 3.50. The number of hydrogen-bond donors (Lipinski definition) is 1. The van der Waals surface area contributed by atoms with Gasteiger partial charge in [0.05, 0.1) is 19.3 Å². The van der Waals surface area contributed by atoms with Gasteiger partial charge < -0.3 is 19.1 Å². The van der Waals surface area contributed by atoms with Gasteiger partial charge in [0, 0.05) is 19.0 Å². The third-order valence-electron chi connectivity index (χ3n) is 2.94. The van der Waals surface area contributed by atoms with Crippen LogP contribution in [0.1, 0.15) is 25.1 Å². The van der Waals surface area contributed by atoms with Crippen molar-refractivity contribution in [2.24, 2.45) is 0 Å². The summed E-state index contributed by atoms with van der Waals surface area (Å²) in [6, 6.07) is 0. The normalized spacial score (nSPS) is 22.6. The number of rotatable bonds is 5. The summed E-state index contributed by atoms with van der Waals surface area (Å²) in [7, 11) is 0. The molecule has 1 fully saturated rings. The Morgan fingerprint density at radius 3 is 3.18 bits per heavy atom. The molecule has 1 aliphatic heterocycles. The Labute approximate surface area is 101 Å². The molecule has 1 N–H and O–H groups in total. The number of aromatic nitrogens is 2. The number of aryl methyl sites for hydroxylation is 1. The highest BCUT2D eigenvalue weighted by atomic mass is 16.7. The zero-order valence-electron chi connectivity index (χ0n) is 10.2. The number of aliphatic hydroxyl groups excluding tert-OH is 1. The average molecular weight is 240 g/mol. The molecule has 5 heteroatoms. The van der Waals surface area contributed by atoms with E-state index in [0.717, 1.165) is 31.7 Å². The summed E-state index contributed by atoms with van der Waals surface area (Å²) in [5.41, 5.74) is 0. The third kappa shape index (κ3) is 3.80. The molecule has 0 spiro atoms. The van der Waals surface area contributed by atoms with Crippen molar-refractivity contribution in [3.8, 4) is 0 Å². The van der Waals surface area contributed by atoms with Crippen molar-refractivity contribution in [3.05, 3.63) is 18.2 Å². The van der Waals surface area contributed by atoms with Gasteiger partial charge in [0.1, 0.15) is 5.82 Å². The first-order valence-electron chi connectivity index (χ1n) is 6.14. The van der Waals surface area contributed by atoms with Crippen molar-refractivity contribution in [2.45, 2.75) is 45.1 Å². The summed E-state index contributed by atoms with van der Waals surface area (Å²) in [6.07, 6.45) is 6.10. The molecule has 17 heavy (non-hydrogen) atoms. The lowest BCUT2D eigenvalue weighted by Crippen LogP contribution is -2.29. The maximum atomic E-state index is 9.85. The van der Waals surface area contributed by atoms with E-state index in [-0.39, 0.29) is 6.29 Å². The Kier molecular flexibility index (Phi) is 4.53. The Morgan fingerprint density at radius 1 is 1.65 bits per heavy atom. The predicted molar refractivity (Wildman–Crippen MR) is 62.5 cm³/mol. The highest BCUT2D eigenvalue weighted by molar-refractivity contribution is 4.88. The summed E-state index contributed by atoms with van der Waals surface area (Å²) in [5, 5.41) is 9.85. The van der Waals surface area contributed by atoms with Crippen molar-refractivity contribution in [1.82, 2.24) is 9.55 Å². The third-order valence-corrected chi connectivity index (χ3v) is 2.94. The molecular formula is C12H20N2O3. The lowest BCUT2D eigenvalue weighted by molar-refractivity contribution is -0.176. The molecule has 96 valence electrons. The van der Waals surface area contributed by atoms with Gasteiger partial charge in [0.2, 0.25) is 0 Å². The van der Waals surface area contributed by atoms with Gasteiger partial charge in [-0.2, -0.15) is 0 Å². The first kappa shape index (κ1) is 12.5. The zero-order chi connectivity index (χ0) is 12.1. The minimum absolute atomic E-state index is 0.137. The highest BCUT2D eigenvalue weighted by Crippen LogP contribution is 2.14. The fraction of sp³-hybridized carbons (Fsp3) is 0.750. The van der Waals surface area contributed by atoms with Gasteiger partial charge in [0.25, 0.3) is 0 Å². The molecule has 0 amide bonds. The maximum Gasteiger partial charge on any atom is 0.157 e. The molecule has 2 atom stereocenters. The number of imidazole rings is 1. The SMILES string of the molecule is Cc1nccn1C[C@@H](O)COC1CCCCO1. The summed E-state index contributed by atoms with van der Waals surface area (Å²) < 4.78 is 12.9. The molecule has 2 heterocycles. The molecule has 0 aliphatic carbocycles. The monoisotopic (exact) mass is 240 g/mol. The van der Waals surface area contributed by atoms with Crippen molar-refractivity contribution >= 4 is 0 Å². The second kappa shape index (κ2) is 6.14. The quantitative estimate of drug-likeness (QED) is 0.837. The molecule has 0 aromatic carbocycles. The van der Waals surface area contributed by atoms with Gasteiger partial charge in [0.15, 0.2) is 6.29 Å². The fourth-order valence-corrected chi connectivity index (χ4v) is 1.94. The van der Waals surface area contributed by atoms with Crippen molar-refractivity contribution in [2.75, 3.05) is 13.2 Å². The van der Waals surface area contributed by atoms with Crippen molar-refractivity contribution < 1.29 is 14.6 Å². The van der Waals surface area contributed by atoms with Crippen LogP contribution in [0.3, 0.4) is 0 Å². The van der Waals surface area contributed by atoms with Gasteiger partial charge in [-0.05, 0) is 26.2 Å². The second-order valence-corrected chi connectivity index (χ2v) is 4.41. The molecule has 1 saturated heterocycles. The molecule has 0 radical (unpaired) electrons. The van der Waals surface area contributed by atoms with E-state index in [4.69, 9.17) is 9.47 Å². The first-order chi connectivity index (χ1) is 8.25. The Bertz CT molecular complexity index is 334. The number of aliphatic hydroxyl groups is 1. The van der Waals surface area contributed by atoms with E-state index in [9.17, 15) is 5.11 Å². The summed E-state index contributed by atoms with van der Waals surface area (Å²) in [5.74, 6) is 0.901. The van der Waals surface area contributed by atoms with Crippen molar-refractivity contribution in [3.63, 3.8) is 0 Å². The lowest BCUT2D eigenvalue weighted by Gasteiger charge is -2.24. The van der Waals surface area contributed by atoms with Gasteiger partial charge in [-0.1, -0.05) is 0 Å². The second-order valence-electron chi connectivity index (χ2n) is 4.41. The summed E-state index contributed by atoms with van der Waals surface area (Å²) >= 11 is 0. The topological polar surface area (TPSA) is 56.5 Å². The van der Waals surface area contributed by atoms with Crippen LogP contribution in [-0.4, -0.2) is 40.3 Å². The number of nitrogens with zero attached hydrogens (tertiary/aromatic N) is 2. The predicted octanol–water partition coefficient (Wildman–Crippen LogP) is 1.10. The Balaban J connectivity index is 1.70. The number of hydrogen-bond acceptors (Lipinski definition) is 4. The molecule has 1 aromatic rings. The largest absolute Gasteiger partial charge is 0.389 e. The molecule has 0 saturated carbocycles. The average Bonchev–Trinajstić information content (AvgIpc) is 2.74. The number of ether oxygens (including phenoxy) is 2. The van der Waals surface area contributed by atoms with Crippen LogP contribution >= 0.6 is 0 Å². The van der Waals surface area contributed by atoms with Gasteiger partial charge in [-0.15, -0.1) is 0 Å². The molecule has 0 bridgehead atoms. The van der Waals surface area contributed by atoms with Crippen LogP contribution in [0.25, 0.3) is 0 Å². The molecule has 2 rings (SSSR count). The zero-order valence-corrected chi connectivity index (χ0v) is 10.2. The molecule has 1 aromatic heterocycles. The minimum atomic E-state index is -0.520. The fourth-order valence-electron chi connectivity index (χ4n) is 1.94. The first-order valence-corrected chi connectivity index (χ1v) is 6.14. The van der Waals surface area contributed by atoms with Crippen LogP contribution < -0.4 is 0 Å². The molecule has 5 nitrogen and oxygen atoms in total. The Hall–Kier alpha value is -0.910. The van der Waals surface area contributed by atoms with Crippen LogP contribution in [0.5, 0.6) is 0 Å². The standard InChI is InChI=1S/C12H20N2O3/c1-10-13-5-6-14(10)8-11(15)9-17-12-4-2-3-7-16-12/h5-6,11-12,15H,2-4,7-9H2,1H3/t11-,12?/m1/s1. The van der Waals surface area contributed by atoms with Gasteiger partial charge >= 0.3 is 0 Å². The smallest absolute Gasteiger partial charge is 0.157 e. The van der Waals surface area contributed by atoms with Gasteiger partial charge in [-0.25, -0.2) is 4.98 Å². The molecule has 1 unspecified atom stereocenters. The maximum absolute atomic E-state index is 9.85. The van der Waals surface area contributed by atoms with E-state index in [1.165, 1.54) is 0 Å². The van der Waals surface area contributed by atoms with Crippen LogP contribution in [0.15, 0.2) is 12.4 Å². The van der Waals surface area contributed by atoms with E-state index in [2.05, 4.69) is 4.98 Å². The van der Waals surface area contributed by atoms with Crippen LogP contribution in [0.4, 0.5) is 0 Å². The molecular weight excluding hydrogens is 220 g/mol. The van der Waals surface area contributed by atoms with E-state index in [0.29, 0.717) is 13.2 Å². The van der Waals surface area contributed by atoms with E-state index in [1.54, 1.807) is 6.20 Å². The van der Waals surface area contributed by atoms with Crippen molar-refractivity contribution in [1.29, 1.82) is 0 Å². The molecule has 1 aliphatic rings. The Morgan fingerprint density at radius 2 is 2.53 bits per heavy atom. The summed E-state index contributed by atoms with van der Waals surface area (Å²) in [4.78, 5) is 4.11. The van der Waals surface area contributed by atoms with Crippen LogP contribution in [-0.2, 0) is 16.0 Å². The van der Waals surface area contributed by atoms with E-state index in [1.807, 2.05) is 17.7 Å². The van der Waals surface area contributed by atoms with Gasteiger partial charge in [-0.3, -0.25) is 0 Å². The van der Waals surface area contributed by atoms with E-state index >= 15 is 0 Å². The van der Waals surface area contributed by atoms with E-state index < -0.39 is 6.10 Å². The minimum Gasteiger partial charge on any atom is -0.389 e. The van der Waals surface area contributed by atoms with Crippen LogP contribution in [0.2, 0.25) is 0 Å².